The Labute approximate surface area is 195 Å². The van der Waals surface area contributed by atoms with Crippen LogP contribution in [0.1, 0.15) is 22.3 Å². The van der Waals surface area contributed by atoms with Gasteiger partial charge in [0.25, 0.3) is 0 Å². The minimum atomic E-state index is -3.73. The molecule has 0 radical (unpaired) electrons. The van der Waals surface area contributed by atoms with E-state index in [0.717, 1.165) is 31.2 Å². The number of ether oxygens (including phenoxy) is 1. The van der Waals surface area contributed by atoms with Gasteiger partial charge in [0.1, 0.15) is 5.75 Å². The van der Waals surface area contributed by atoms with Crippen molar-refractivity contribution in [1.82, 2.24) is 4.31 Å². The summed E-state index contributed by atoms with van der Waals surface area (Å²) in [6.45, 7) is 4.37. The average Bonchev–Trinajstić information content (AvgIpc) is 2.72. The van der Waals surface area contributed by atoms with Crippen molar-refractivity contribution in [2.75, 3.05) is 7.11 Å². The van der Waals surface area contributed by atoms with Crippen LogP contribution in [0.5, 0.6) is 5.75 Å². The van der Waals surface area contributed by atoms with E-state index in [0.29, 0.717) is 5.75 Å². The van der Waals surface area contributed by atoms with Gasteiger partial charge in [-0.2, -0.15) is 4.31 Å². The van der Waals surface area contributed by atoms with E-state index in [-0.39, 0.29) is 18.0 Å². The van der Waals surface area contributed by atoms with Gasteiger partial charge in [-0.25, -0.2) is 8.42 Å². The van der Waals surface area contributed by atoms with Crippen LogP contribution < -0.4 is 4.74 Å². The second-order valence-electron chi connectivity index (χ2n) is 7.14. The van der Waals surface area contributed by atoms with Crippen molar-refractivity contribution in [3.05, 3.63) is 91.9 Å². The summed E-state index contributed by atoms with van der Waals surface area (Å²) in [6, 6.07) is 18.4. The summed E-state index contributed by atoms with van der Waals surface area (Å²) >= 11 is 7.11. The van der Waals surface area contributed by atoms with Crippen molar-refractivity contribution >= 4 is 41.9 Å². The molecule has 0 heterocycles. The predicted molar refractivity (Wildman–Crippen MR) is 127 cm³/mol. The number of rotatable bonds is 7. The summed E-state index contributed by atoms with van der Waals surface area (Å²) < 4.78 is 35.7. The summed E-state index contributed by atoms with van der Waals surface area (Å²) in [4.78, 5) is 0.274. The van der Waals surface area contributed by atoms with E-state index in [1.807, 2.05) is 62.4 Å². The highest BCUT2D eigenvalue weighted by Crippen LogP contribution is 2.29. The largest absolute Gasteiger partial charge is 0.497 e. The van der Waals surface area contributed by atoms with Crippen molar-refractivity contribution in [2.24, 2.45) is 0 Å². The maximum absolute atomic E-state index is 13.6. The van der Waals surface area contributed by atoms with Gasteiger partial charge in [0, 0.05) is 22.0 Å². The summed E-state index contributed by atoms with van der Waals surface area (Å²) in [6.07, 6.45) is 0. The minimum absolute atomic E-state index is 0.203. The molecule has 0 aromatic heterocycles. The van der Waals surface area contributed by atoms with Crippen molar-refractivity contribution < 1.29 is 13.2 Å². The van der Waals surface area contributed by atoms with Crippen LogP contribution in [-0.2, 0) is 23.1 Å². The molecule has 0 atom stereocenters. The van der Waals surface area contributed by atoms with E-state index in [4.69, 9.17) is 4.74 Å². The van der Waals surface area contributed by atoms with Gasteiger partial charge in [0.2, 0.25) is 10.0 Å². The molecule has 158 valence electrons. The van der Waals surface area contributed by atoms with Crippen LogP contribution >= 0.6 is 31.9 Å². The molecule has 0 aliphatic heterocycles. The van der Waals surface area contributed by atoms with Gasteiger partial charge < -0.3 is 4.74 Å². The summed E-state index contributed by atoms with van der Waals surface area (Å²) in [5.41, 5.74) is 3.82. The molecule has 0 fully saturated rings. The summed E-state index contributed by atoms with van der Waals surface area (Å²) in [5, 5.41) is 0. The fourth-order valence-electron chi connectivity index (χ4n) is 3.09. The average molecular weight is 553 g/mol. The molecule has 3 aromatic rings. The number of aryl methyl sites for hydroxylation is 2. The number of methoxy groups -OCH3 is 1. The van der Waals surface area contributed by atoms with Crippen molar-refractivity contribution in [3.63, 3.8) is 0 Å². The van der Waals surface area contributed by atoms with Crippen LogP contribution in [0.4, 0.5) is 0 Å². The first-order chi connectivity index (χ1) is 14.2. The maximum atomic E-state index is 13.6. The van der Waals surface area contributed by atoms with Crippen LogP contribution in [0.15, 0.2) is 74.5 Å². The second kappa shape index (κ2) is 9.64. The lowest BCUT2D eigenvalue weighted by Gasteiger charge is -2.24. The van der Waals surface area contributed by atoms with Gasteiger partial charge in [-0.1, -0.05) is 67.3 Å². The molecule has 0 N–H and O–H groups in total. The predicted octanol–water partition coefficient (Wildman–Crippen LogP) is 6.23. The molecule has 7 heteroatoms. The number of sulfonamides is 1. The highest BCUT2D eigenvalue weighted by molar-refractivity contribution is 9.10. The summed E-state index contributed by atoms with van der Waals surface area (Å²) in [5.74, 6) is 0.678. The molecule has 0 amide bonds. The van der Waals surface area contributed by atoms with E-state index in [9.17, 15) is 8.42 Å². The Balaban J connectivity index is 2.06. The minimum Gasteiger partial charge on any atom is -0.497 e. The zero-order valence-corrected chi connectivity index (χ0v) is 21.0. The summed E-state index contributed by atoms with van der Waals surface area (Å²) in [7, 11) is -2.13. The second-order valence-corrected chi connectivity index (χ2v) is 10.8. The number of hydrogen-bond acceptors (Lipinski definition) is 3. The Morgan fingerprint density at radius 2 is 1.33 bits per heavy atom. The molecule has 3 aromatic carbocycles. The van der Waals surface area contributed by atoms with Crippen LogP contribution in [0, 0.1) is 13.8 Å². The molecule has 0 saturated heterocycles. The lowest BCUT2D eigenvalue weighted by Crippen LogP contribution is -2.30. The molecule has 0 saturated carbocycles. The quantitative estimate of drug-likeness (QED) is 0.349. The first-order valence-corrected chi connectivity index (χ1v) is 12.4. The fraction of sp³-hybridized carbons (Fsp3) is 0.217. The fourth-order valence-corrected chi connectivity index (χ4v) is 5.23. The maximum Gasteiger partial charge on any atom is 0.243 e. The third-order valence-electron chi connectivity index (χ3n) is 4.81. The standard InChI is InChI=1S/C23H23Br2NO3S/c1-16-4-8-21(9-5-16)30(27,28)26(14-18-12-17(2)6-10-22(18)24)15-19-13-20(29-3)7-11-23(19)25/h4-13H,14-15H2,1-3H3. The van der Waals surface area contributed by atoms with E-state index in [1.165, 1.54) is 4.31 Å². The first kappa shape index (κ1) is 23.0. The van der Waals surface area contributed by atoms with Gasteiger partial charge in [0.15, 0.2) is 0 Å². The third-order valence-corrected chi connectivity index (χ3v) is 8.16. The van der Waals surface area contributed by atoms with E-state index in [1.54, 1.807) is 19.2 Å². The molecule has 0 bridgehead atoms. The lowest BCUT2D eigenvalue weighted by molar-refractivity contribution is 0.394. The van der Waals surface area contributed by atoms with Gasteiger partial charge >= 0.3 is 0 Å². The Morgan fingerprint density at radius 1 is 0.800 bits per heavy atom. The molecule has 4 nitrogen and oxygen atoms in total. The number of halogens is 2. The van der Waals surface area contributed by atoms with Crippen molar-refractivity contribution in [3.8, 4) is 5.75 Å². The van der Waals surface area contributed by atoms with Crippen molar-refractivity contribution in [2.45, 2.75) is 31.8 Å². The number of benzene rings is 3. The van der Waals surface area contributed by atoms with Gasteiger partial charge in [-0.15, -0.1) is 0 Å². The van der Waals surface area contributed by atoms with Gasteiger partial charge in [-0.05, 0) is 61.4 Å². The molecule has 0 aliphatic carbocycles. The molecular formula is C23H23Br2NO3S. The Kier molecular flexibility index (Phi) is 7.39. The number of hydrogen-bond donors (Lipinski definition) is 0. The van der Waals surface area contributed by atoms with E-state index < -0.39 is 10.0 Å². The highest BCUT2D eigenvalue weighted by Gasteiger charge is 2.26. The van der Waals surface area contributed by atoms with Crippen LogP contribution in [0.25, 0.3) is 0 Å². The zero-order chi connectivity index (χ0) is 21.9. The number of nitrogens with zero attached hydrogens (tertiary/aromatic N) is 1. The smallest absolute Gasteiger partial charge is 0.243 e. The van der Waals surface area contributed by atoms with Crippen LogP contribution in [-0.4, -0.2) is 19.8 Å². The zero-order valence-electron chi connectivity index (χ0n) is 17.0. The lowest BCUT2D eigenvalue weighted by atomic mass is 10.1. The Hall–Kier alpha value is -1.67. The third kappa shape index (κ3) is 5.32. The molecule has 0 unspecified atom stereocenters. The molecule has 30 heavy (non-hydrogen) atoms. The van der Waals surface area contributed by atoms with Crippen LogP contribution in [0.2, 0.25) is 0 Å². The van der Waals surface area contributed by atoms with E-state index >= 15 is 0 Å². The van der Waals surface area contributed by atoms with Crippen LogP contribution in [0.3, 0.4) is 0 Å². The Bertz CT molecular complexity index is 1150. The SMILES string of the molecule is COc1ccc(Br)c(CN(Cc2cc(C)ccc2Br)S(=O)(=O)c2ccc(C)cc2)c1. The normalized spacial score (nSPS) is 11.7. The monoisotopic (exact) mass is 551 g/mol. The molecule has 0 aliphatic rings. The van der Waals surface area contributed by atoms with Crippen molar-refractivity contribution in [1.29, 1.82) is 0 Å². The molecule has 3 rings (SSSR count). The highest BCUT2D eigenvalue weighted by atomic mass is 79.9. The van der Waals surface area contributed by atoms with E-state index in [2.05, 4.69) is 31.9 Å². The molecule has 0 spiro atoms. The van der Waals surface area contributed by atoms with Gasteiger partial charge in [0.05, 0.1) is 12.0 Å². The Morgan fingerprint density at radius 3 is 1.93 bits per heavy atom. The topological polar surface area (TPSA) is 46.6 Å². The first-order valence-electron chi connectivity index (χ1n) is 9.35. The van der Waals surface area contributed by atoms with Gasteiger partial charge in [-0.3, -0.25) is 0 Å². The molecular weight excluding hydrogens is 530 g/mol.